The van der Waals surface area contributed by atoms with Gasteiger partial charge in [0.15, 0.2) is 17.0 Å². The van der Waals surface area contributed by atoms with Crippen molar-refractivity contribution in [3.8, 4) is 0 Å². The van der Waals surface area contributed by atoms with Crippen molar-refractivity contribution in [2.24, 2.45) is 5.41 Å². The normalized spacial score (nSPS) is 17.7. The van der Waals surface area contributed by atoms with Crippen molar-refractivity contribution in [1.82, 2.24) is 0 Å². The molecule has 0 aliphatic heterocycles. The molecule has 0 aromatic rings. The zero-order valence-corrected chi connectivity index (χ0v) is 10.5. The molecule has 0 unspecified atom stereocenters. The minimum Gasteiger partial charge on any atom is -0.466 e. The van der Waals surface area contributed by atoms with Crippen LogP contribution in [-0.4, -0.2) is 36.7 Å². The van der Waals surface area contributed by atoms with Gasteiger partial charge in [-0.05, 0) is 13.8 Å². The highest BCUT2D eigenvalue weighted by Gasteiger charge is 2.58. The van der Waals surface area contributed by atoms with Crippen molar-refractivity contribution >= 4 is 23.5 Å². The van der Waals surface area contributed by atoms with Crippen LogP contribution in [0.5, 0.6) is 0 Å². The fourth-order valence-corrected chi connectivity index (χ4v) is 1.99. The Morgan fingerprint density at radius 1 is 1.06 bits per heavy atom. The Hall–Kier alpha value is -1.72. The highest BCUT2D eigenvalue weighted by Crippen LogP contribution is 2.36. The molecule has 0 heterocycles. The second-order valence-electron chi connectivity index (χ2n) is 3.95. The molecule has 1 fully saturated rings. The summed E-state index contributed by atoms with van der Waals surface area (Å²) in [5.41, 5.74) is -1.97. The third-order valence-electron chi connectivity index (χ3n) is 2.87. The zero-order valence-electron chi connectivity index (χ0n) is 10.5. The van der Waals surface area contributed by atoms with E-state index in [9.17, 15) is 19.2 Å². The smallest absolute Gasteiger partial charge is 0.327 e. The lowest BCUT2D eigenvalue weighted by Crippen LogP contribution is -2.44. The zero-order chi connectivity index (χ0) is 13.8. The predicted molar refractivity (Wildman–Crippen MR) is 59.6 cm³/mol. The quantitative estimate of drug-likeness (QED) is 0.523. The Labute approximate surface area is 105 Å². The first kappa shape index (κ1) is 14.3. The second-order valence-corrected chi connectivity index (χ2v) is 3.95. The van der Waals surface area contributed by atoms with Gasteiger partial charge in [-0.3, -0.25) is 19.2 Å². The lowest BCUT2D eigenvalue weighted by molar-refractivity contribution is -0.167. The van der Waals surface area contributed by atoms with E-state index in [-0.39, 0.29) is 26.1 Å². The number of ether oxygens (including phenoxy) is 2. The molecule has 0 atom stereocenters. The number of Topliss-reactive ketones (excluding diaryl/α,β-unsaturated/α-hetero) is 2. The van der Waals surface area contributed by atoms with Gasteiger partial charge in [0.25, 0.3) is 0 Å². The molecular weight excluding hydrogens is 240 g/mol. The summed E-state index contributed by atoms with van der Waals surface area (Å²) < 4.78 is 9.46. The molecule has 0 saturated heterocycles. The average Bonchev–Trinajstić information content (AvgIpc) is 2.59. The van der Waals surface area contributed by atoms with E-state index in [4.69, 9.17) is 9.47 Å². The first-order chi connectivity index (χ1) is 8.48. The van der Waals surface area contributed by atoms with E-state index < -0.39 is 35.3 Å². The second kappa shape index (κ2) is 5.75. The Morgan fingerprint density at radius 3 is 2.00 bits per heavy atom. The molecular formula is C12H16O6. The van der Waals surface area contributed by atoms with Crippen molar-refractivity contribution in [2.75, 3.05) is 13.2 Å². The molecule has 1 aliphatic carbocycles. The summed E-state index contributed by atoms with van der Waals surface area (Å²) in [5.74, 6) is -2.79. The van der Waals surface area contributed by atoms with Gasteiger partial charge in [0.05, 0.1) is 19.6 Å². The summed E-state index contributed by atoms with van der Waals surface area (Å²) in [6.45, 7) is 3.34. The van der Waals surface area contributed by atoms with Crippen molar-refractivity contribution in [3.05, 3.63) is 0 Å². The Balaban J connectivity index is 3.01. The van der Waals surface area contributed by atoms with Crippen molar-refractivity contribution < 1.29 is 28.7 Å². The van der Waals surface area contributed by atoms with E-state index in [0.29, 0.717) is 0 Å². The van der Waals surface area contributed by atoms with E-state index in [1.54, 1.807) is 13.8 Å². The number of carbonyl (C=O) groups is 4. The van der Waals surface area contributed by atoms with Gasteiger partial charge in [-0.1, -0.05) is 0 Å². The maximum absolute atomic E-state index is 11.9. The van der Waals surface area contributed by atoms with Crippen LogP contribution in [0.1, 0.15) is 33.1 Å². The van der Waals surface area contributed by atoms with Gasteiger partial charge in [0.2, 0.25) is 0 Å². The molecule has 0 radical (unpaired) electrons. The monoisotopic (exact) mass is 256 g/mol. The molecule has 18 heavy (non-hydrogen) atoms. The van der Waals surface area contributed by atoms with Crippen LogP contribution in [0.4, 0.5) is 0 Å². The molecule has 0 amide bonds. The summed E-state index contributed by atoms with van der Waals surface area (Å²) >= 11 is 0. The van der Waals surface area contributed by atoms with E-state index in [1.807, 2.05) is 0 Å². The van der Waals surface area contributed by atoms with Crippen LogP contribution in [0, 0.1) is 5.41 Å². The lowest BCUT2D eigenvalue weighted by Gasteiger charge is -2.22. The minimum absolute atomic E-state index is 0.0307. The molecule has 1 rings (SSSR count). The number of esters is 2. The molecule has 6 heteroatoms. The third kappa shape index (κ3) is 2.42. The van der Waals surface area contributed by atoms with Gasteiger partial charge in [-0.25, -0.2) is 0 Å². The van der Waals surface area contributed by atoms with Crippen LogP contribution >= 0.6 is 0 Å². The van der Waals surface area contributed by atoms with Gasteiger partial charge >= 0.3 is 11.9 Å². The summed E-state index contributed by atoms with van der Waals surface area (Å²) in [7, 11) is 0. The largest absolute Gasteiger partial charge is 0.466 e. The van der Waals surface area contributed by atoms with E-state index in [2.05, 4.69) is 0 Å². The molecule has 0 aromatic carbocycles. The lowest BCUT2D eigenvalue weighted by atomic mass is 9.81. The van der Waals surface area contributed by atoms with E-state index in [1.165, 1.54) is 0 Å². The van der Waals surface area contributed by atoms with Crippen molar-refractivity contribution in [3.63, 3.8) is 0 Å². The van der Waals surface area contributed by atoms with Crippen LogP contribution in [0.2, 0.25) is 0 Å². The van der Waals surface area contributed by atoms with Crippen LogP contribution in [-0.2, 0) is 28.7 Å². The molecule has 6 nitrogen and oxygen atoms in total. The number of carbonyl (C=O) groups excluding carboxylic acids is 4. The Kier molecular flexibility index (Phi) is 4.58. The van der Waals surface area contributed by atoms with Crippen LogP contribution < -0.4 is 0 Å². The van der Waals surface area contributed by atoms with Gasteiger partial charge < -0.3 is 9.47 Å². The Bertz CT molecular complexity index is 368. The molecule has 1 aliphatic rings. The molecule has 100 valence electrons. The highest BCUT2D eigenvalue weighted by atomic mass is 16.5. The summed E-state index contributed by atoms with van der Waals surface area (Å²) in [6, 6.07) is 0. The van der Waals surface area contributed by atoms with Gasteiger partial charge in [0, 0.05) is 12.8 Å². The summed E-state index contributed by atoms with van der Waals surface area (Å²) in [6.07, 6.45) is -0.620. The van der Waals surface area contributed by atoms with Gasteiger partial charge in [0.1, 0.15) is 0 Å². The number of ketones is 2. The topological polar surface area (TPSA) is 86.7 Å². The Morgan fingerprint density at radius 2 is 1.56 bits per heavy atom. The number of rotatable bonds is 5. The molecule has 0 aromatic heterocycles. The standard InChI is InChI=1S/C12H16O6/c1-3-17-10(15)7-12(11(16)18-4-2)8(13)5-6-9(12)14/h3-7H2,1-2H3. The van der Waals surface area contributed by atoms with Gasteiger partial charge in [-0.2, -0.15) is 0 Å². The summed E-state index contributed by atoms with van der Waals surface area (Å²) in [4.78, 5) is 47.0. The highest BCUT2D eigenvalue weighted by molar-refractivity contribution is 6.27. The number of hydrogen-bond acceptors (Lipinski definition) is 6. The SMILES string of the molecule is CCOC(=O)CC1(C(=O)OCC)C(=O)CCC1=O. The fourth-order valence-electron chi connectivity index (χ4n) is 1.99. The first-order valence-corrected chi connectivity index (χ1v) is 5.88. The van der Waals surface area contributed by atoms with E-state index >= 15 is 0 Å². The molecule has 1 saturated carbocycles. The fraction of sp³-hybridized carbons (Fsp3) is 0.667. The molecule has 0 bridgehead atoms. The van der Waals surface area contributed by atoms with E-state index in [0.717, 1.165) is 0 Å². The maximum atomic E-state index is 11.9. The average molecular weight is 256 g/mol. The number of hydrogen-bond donors (Lipinski definition) is 0. The molecule has 0 spiro atoms. The van der Waals surface area contributed by atoms with Crippen LogP contribution in [0.15, 0.2) is 0 Å². The van der Waals surface area contributed by atoms with Gasteiger partial charge in [-0.15, -0.1) is 0 Å². The van der Waals surface area contributed by atoms with Crippen LogP contribution in [0.3, 0.4) is 0 Å². The maximum Gasteiger partial charge on any atom is 0.327 e. The van der Waals surface area contributed by atoms with Crippen molar-refractivity contribution in [1.29, 1.82) is 0 Å². The minimum atomic E-state index is -1.97. The van der Waals surface area contributed by atoms with Crippen molar-refractivity contribution in [2.45, 2.75) is 33.1 Å². The predicted octanol–water partition coefficient (Wildman–Crippen LogP) is 0.421. The molecule has 0 N–H and O–H groups in total. The third-order valence-corrected chi connectivity index (χ3v) is 2.87. The van der Waals surface area contributed by atoms with Crippen LogP contribution in [0.25, 0.3) is 0 Å². The first-order valence-electron chi connectivity index (χ1n) is 5.88. The summed E-state index contributed by atoms with van der Waals surface area (Å²) in [5, 5.41) is 0.